The smallest absolute Gasteiger partial charge is 0.262 e. The van der Waals surface area contributed by atoms with Crippen LogP contribution in [0.1, 0.15) is 16.7 Å². The highest BCUT2D eigenvalue weighted by atomic mass is 35.5. The van der Waals surface area contributed by atoms with Crippen molar-refractivity contribution in [1.29, 1.82) is 0 Å². The summed E-state index contributed by atoms with van der Waals surface area (Å²) in [4.78, 5) is 23.7. The van der Waals surface area contributed by atoms with Gasteiger partial charge < -0.3 is 29.4 Å². The number of halogens is 1. The Hall–Kier alpha value is -3.19. The van der Waals surface area contributed by atoms with Gasteiger partial charge in [0.15, 0.2) is 6.61 Å². The Bertz CT molecular complexity index is 931. The average molecular weight is 419 g/mol. The van der Waals surface area contributed by atoms with Crippen LogP contribution in [0.5, 0.6) is 17.2 Å². The molecule has 7 nitrogen and oxygen atoms in total. The maximum Gasteiger partial charge on any atom is 0.262 e. The summed E-state index contributed by atoms with van der Waals surface area (Å²) >= 11 is 6.11. The molecule has 8 heteroatoms. The summed E-state index contributed by atoms with van der Waals surface area (Å²) in [6, 6.07) is 8.24. The van der Waals surface area contributed by atoms with Crippen LogP contribution < -0.4 is 24.6 Å². The van der Waals surface area contributed by atoms with E-state index >= 15 is 0 Å². The van der Waals surface area contributed by atoms with Gasteiger partial charge in [0.1, 0.15) is 17.2 Å². The second kappa shape index (κ2) is 9.84. The number of carbonyl (C=O) groups excluding carboxylic acids is 2. The lowest BCUT2D eigenvalue weighted by Gasteiger charge is -2.14. The van der Waals surface area contributed by atoms with Crippen molar-refractivity contribution in [3.8, 4) is 17.2 Å². The van der Waals surface area contributed by atoms with Gasteiger partial charge in [0.05, 0.1) is 25.9 Å². The van der Waals surface area contributed by atoms with Crippen molar-refractivity contribution in [2.75, 3.05) is 20.8 Å². The van der Waals surface area contributed by atoms with Crippen molar-refractivity contribution < 1.29 is 28.9 Å². The van der Waals surface area contributed by atoms with Crippen LogP contribution in [-0.2, 0) is 9.59 Å². The molecular weight excluding hydrogens is 398 g/mol. The van der Waals surface area contributed by atoms with Gasteiger partial charge in [-0.15, -0.1) is 0 Å². The SMILES string of the molecule is COc1ccc(OC)c(/C=C(/NC(=O)COc2cc(C)c(Cl)c(C)c2)C(=O)[O-])c1. The van der Waals surface area contributed by atoms with E-state index in [2.05, 4.69) is 5.32 Å². The number of nitrogens with one attached hydrogen (secondary N) is 1. The number of carbonyl (C=O) groups is 2. The summed E-state index contributed by atoms with van der Waals surface area (Å²) < 4.78 is 15.8. The predicted octanol–water partition coefficient (Wildman–Crippen LogP) is 2.26. The maximum atomic E-state index is 12.2. The zero-order valence-corrected chi connectivity index (χ0v) is 17.3. The van der Waals surface area contributed by atoms with Crippen LogP contribution in [0.4, 0.5) is 0 Å². The van der Waals surface area contributed by atoms with Crippen molar-refractivity contribution in [3.63, 3.8) is 0 Å². The van der Waals surface area contributed by atoms with Crippen molar-refractivity contribution in [2.45, 2.75) is 13.8 Å². The van der Waals surface area contributed by atoms with E-state index in [-0.39, 0.29) is 6.61 Å². The van der Waals surface area contributed by atoms with E-state index in [1.807, 2.05) is 13.8 Å². The van der Waals surface area contributed by atoms with E-state index in [0.29, 0.717) is 27.8 Å². The van der Waals surface area contributed by atoms with Crippen LogP contribution >= 0.6 is 11.6 Å². The second-order valence-electron chi connectivity index (χ2n) is 6.16. The monoisotopic (exact) mass is 418 g/mol. The second-order valence-corrected chi connectivity index (χ2v) is 6.54. The van der Waals surface area contributed by atoms with Crippen LogP contribution in [-0.4, -0.2) is 32.7 Å². The molecule has 0 spiro atoms. The van der Waals surface area contributed by atoms with Gasteiger partial charge in [-0.1, -0.05) is 11.6 Å². The van der Waals surface area contributed by atoms with Crippen LogP contribution in [0.2, 0.25) is 5.02 Å². The van der Waals surface area contributed by atoms with Gasteiger partial charge in [0.2, 0.25) is 0 Å². The minimum absolute atomic E-state index is 0.389. The first-order chi connectivity index (χ1) is 13.7. The average Bonchev–Trinajstić information content (AvgIpc) is 2.69. The number of benzene rings is 2. The third-order valence-corrected chi connectivity index (χ3v) is 4.61. The van der Waals surface area contributed by atoms with Crippen molar-refractivity contribution in [2.24, 2.45) is 0 Å². The van der Waals surface area contributed by atoms with E-state index in [4.69, 9.17) is 25.8 Å². The molecule has 0 aliphatic rings. The van der Waals surface area contributed by atoms with E-state index < -0.39 is 17.6 Å². The first-order valence-corrected chi connectivity index (χ1v) is 8.97. The molecule has 0 unspecified atom stereocenters. The van der Waals surface area contributed by atoms with Gasteiger partial charge in [-0.3, -0.25) is 4.79 Å². The Morgan fingerprint density at radius 3 is 2.28 bits per heavy atom. The van der Waals surface area contributed by atoms with E-state index in [1.165, 1.54) is 20.3 Å². The molecule has 2 aromatic rings. The number of aryl methyl sites for hydroxylation is 2. The summed E-state index contributed by atoms with van der Waals surface area (Å²) in [7, 11) is 2.93. The number of hydrogen-bond donors (Lipinski definition) is 1. The Morgan fingerprint density at radius 2 is 1.72 bits per heavy atom. The maximum absolute atomic E-state index is 12.2. The molecule has 2 aromatic carbocycles. The van der Waals surface area contributed by atoms with Gasteiger partial charge >= 0.3 is 0 Å². The Morgan fingerprint density at radius 1 is 1.07 bits per heavy atom. The number of methoxy groups -OCH3 is 2. The van der Waals surface area contributed by atoms with E-state index in [1.54, 1.807) is 30.3 Å². The fourth-order valence-electron chi connectivity index (χ4n) is 2.58. The molecule has 0 aromatic heterocycles. The molecule has 0 saturated carbocycles. The molecular formula is C21H21ClNO6-. The van der Waals surface area contributed by atoms with Gasteiger partial charge in [-0.05, 0) is 61.4 Å². The van der Waals surface area contributed by atoms with Gasteiger partial charge in [-0.25, -0.2) is 0 Å². The van der Waals surface area contributed by atoms with Crippen molar-refractivity contribution in [1.82, 2.24) is 5.32 Å². The molecule has 0 atom stereocenters. The number of carboxylic acids is 1. The molecule has 29 heavy (non-hydrogen) atoms. The van der Waals surface area contributed by atoms with Crippen LogP contribution in [0.15, 0.2) is 36.0 Å². The molecule has 154 valence electrons. The van der Waals surface area contributed by atoms with Crippen LogP contribution in [0.3, 0.4) is 0 Å². The van der Waals surface area contributed by atoms with Gasteiger partial charge in [-0.2, -0.15) is 0 Å². The molecule has 1 N–H and O–H groups in total. The quantitative estimate of drug-likeness (QED) is 0.660. The Labute approximate surface area is 173 Å². The molecule has 1 amide bonds. The lowest BCUT2D eigenvalue weighted by atomic mass is 10.1. The Kier molecular flexibility index (Phi) is 7.50. The minimum Gasteiger partial charge on any atom is -0.543 e. The van der Waals surface area contributed by atoms with Crippen molar-refractivity contribution in [3.05, 3.63) is 57.7 Å². The summed E-state index contributed by atoms with van der Waals surface area (Å²) in [5, 5.41) is 14.4. The molecule has 0 bridgehead atoms. The third kappa shape index (κ3) is 5.89. The van der Waals surface area contributed by atoms with E-state index in [0.717, 1.165) is 11.1 Å². The molecule has 0 heterocycles. The highest BCUT2D eigenvalue weighted by Crippen LogP contribution is 2.27. The van der Waals surface area contributed by atoms with E-state index in [9.17, 15) is 14.7 Å². The number of ether oxygens (including phenoxy) is 3. The number of amides is 1. The lowest BCUT2D eigenvalue weighted by Crippen LogP contribution is -2.37. The zero-order valence-electron chi connectivity index (χ0n) is 16.5. The predicted molar refractivity (Wildman–Crippen MR) is 107 cm³/mol. The summed E-state index contributed by atoms with van der Waals surface area (Å²) in [5.41, 5.74) is 1.58. The summed E-state index contributed by atoms with van der Waals surface area (Å²) in [5.74, 6) is -0.859. The first kappa shape index (κ1) is 22.1. The van der Waals surface area contributed by atoms with Gasteiger partial charge in [0.25, 0.3) is 5.91 Å². The third-order valence-electron chi connectivity index (χ3n) is 4.01. The molecule has 0 aliphatic carbocycles. The molecule has 0 saturated heterocycles. The molecule has 0 fully saturated rings. The largest absolute Gasteiger partial charge is 0.543 e. The van der Waals surface area contributed by atoms with Crippen LogP contribution in [0.25, 0.3) is 6.08 Å². The van der Waals surface area contributed by atoms with Crippen LogP contribution in [0, 0.1) is 13.8 Å². The summed E-state index contributed by atoms with van der Waals surface area (Å²) in [6.45, 7) is 3.25. The Balaban J connectivity index is 2.15. The number of hydrogen-bond acceptors (Lipinski definition) is 6. The fraction of sp³-hybridized carbons (Fsp3) is 0.238. The van der Waals surface area contributed by atoms with Gasteiger partial charge in [0, 0.05) is 10.6 Å². The first-order valence-electron chi connectivity index (χ1n) is 8.59. The number of aliphatic carboxylic acids is 1. The summed E-state index contributed by atoms with van der Waals surface area (Å²) in [6.07, 6.45) is 1.23. The minimum atomic E-state index is -1.55. The number of carboxylic acid groups (broad SMARTS) is 1. The highest BCUT2D eigenvalue weighted by molar-refractivity contribution is 6.32. The topological polar surface area (TPSA) is 96.9 Å². The molecule has 0 radical (unpaired) electrons. The lowest BCUT2D eigenvalue weighted by molar-refractivity contribution is -0.299. The van der Waals surface area contributed by atoms with Crippen molar-refractivity contribution >= 4 is 29.6 Å². The standard InChI is InChI=1S/C21H22ClNO6/c1-12-7-16(8-13(2)20(12)22)29-11-19(24)23-17(21(25)26)10-14-9-15(27-3)5-6-18(14)28-4/h5-10H,11H2,1-4H3,(H,23,24)(H,25,26)/p-1/b17-10+. The molecule has 0 aliphatic heterocycles. The number of rotatable bonds is 8. The fourth-order valence-corrected chi connectivity index (χ4v) is 2.69. The highest BCUT2D eigenvalue weighted by Gasteiger charge is 2.11. The normalized spacial score (nSPS) is 11.0. The zero-order chi connectivity index (χ0) is 21.6. The molecule has 2 rings (SSSR count).